The van der Waals surface area contributed by atoms with Gasteiger partial charge in [0.25, 0.3) is 0 Å². The van der Waals surface area contributed by atoms with Gasteiger partial charge in [0.05, 0.1) is 23.5 Å². The summed E-state index contributed by atoms with van der Waals surface area (Å²) in [6.45, 7) is 6.92. The van der Waals surface area contributed by atoms with E-state index in [4.69, 9.17) is 0 Å². The van der Waals surface area contributed by atoms with Gasteiger partial charge < -0.3 is 19.9 Å². The van der Waals surface area contributed by atoms with Crippen LogP contribution in [-0.2, 0) is 12.7 Å². The Labute approximate surface area is 212 Å². The van der Waals surface area contributed by atoms with Crippen molar-refractivity contribution in [1.82, 2.24) is 14.3 Å². The van der Waals surface area contributed by atoms with E-state index in [9.17, 15) is 28.5 Å². The van der Waals surface area contributed by atoms with E-state index in [0.717, 1.165) is 39.8 Å². The Morgan fingerprint density at radius 1 is 0.919 bits per heavy atom. The summed E-state index contributed by atoms with van der Waals surface area (Å²) in [4.78, 5) is 0. The number of halogens is 3. The molecule has 1 fully saturated rings. The molecule has 0 bridgehead atoms. The van der Waals surface area contributed by atoms with E-state index >= 15 is 0 Å². The van der Waals surface area contributed by atoms with Gasteiger partial charge in [-0.2, -0.15) is 18.3 Å². The van der Waals surface area contributed by atoms with Gasteiger partial charge in [0, 0.05) is 35.0 Å². The maximum Gasteiger partial charge on any atom is 0.435 e. The molecule has 196 valence electrons. The number of aromatic hydroxyl groups is 1. The molecule has 9 heteroatoms. The SMILES string of the molecule is Cc1c(C2C(O)C(c3c(C(F)(F)F)nn(-c4ccccc4)c3O)C2O)c2ccccc2n1CCC(C)C. The van der Waals surface area contributed by atoms with Crippen LogP contribution < -0.4 is 0 Å². The lowest BCUT2D eigenvalue weighted by Gasteiger charge is -2.47. The first kappa shape index (κ1) is 25.4. The van der Waals surface area contributed by atoms with Crippen molar-refractivity contribution in [1.29, 1.82) is 0 Å². The fourth-order valence-corrected chi connectivity index (χ4v) is 5.63. The summed E-state index contributed by atoms with van der Waals surface area (Å²) in [5.74, 6) is -2.43. The van der Waals surface area contributed by atoms with Gasteiger partial charge >= 0.3 is 6.18 Å². The molecule has 2 aromatic carbocycles. The van der Waals surface area contributed by atoms with E-state index in [2.05, 4.69) is 23.5 Å². The lowest BCUT2D eigenvalue weighted by atomic mass is 9.62. The van der Waals surface area contributed by atoms with Gasteiger partial charge in [-0.25, -0.2) is 4.68 Å². The molecule has 1 aliphatic rings. The quantitative estimate of drug-likeness (QED) is 0.318. The lowest BCUT2D eigenvalue weighted by molar-refractivity contribution is -0.144. The normalized spacial score (nSPS) is 22.1. The molecule has 6 nitrogen and oxygen atoms in total. The smallest absolute Gasteiger partial charge is 0.435 e. The van der Waals surface area contributed by atoms with Gasteiger partial charge in [-0.3, -0.25) is 0 Å². The summed E-state index contributed by atoms with van der Waals surface area (Å²) < 4.78 is 45.0. The van der Waals surface area contributed by atoms with Gasteiger partial charge in [-0.05, 0) is 43.0 Å². The number of fused-ring (bicyclic) bond motifs is 1. The minimum atomic E-state index is -4.89. The van der Waals surface area contributed by atoms with Gasteiger partial charge in [0.2, 0.25) is 5.88 Å². The highest BCUT2D eigenvalue weighted by atomic mass is 19.4. The molecule has 0 amide bonds. The first-order valence-electron chi connectivity index (χ1n) is 12.4. The molecule has 3 N–H and O–H groups in total. The van der Waals surface area contributed by atoms with Crippen LogP contribution in [0.25, 0.3) is 16.6 Å². The van der Waals surface area contributed by atoms with Crippen LogP contribution in [0.15, 0.2) is 54.6 Å². The van der Waals surface area contributed by atoms with Crippen molar-refractivity contribution in [2.75, 3.05) is 0 Å². The summed E-state index contributed by atoms with van der Waals surface area (Å²) in [5.41, 5.74) is 0.873. The third kappa shape index (κ3) is 4.10. The van der Waals surface area contributed by atoms with Crippen LogP contribution in [0.5, 0.6) is 5.88 Å². The Bertz CT molecular complexity index is 1420. The standard InChI is InChI=1S/C28H30F3N3O3/c1-15(2)13-14-33-16(3)20(18-11-7-8-12-19(18)33)21-24(35)22(25(21)36)23-26(28(29,30)31)32-34(27(23)37)17-9-5-4-6-10-17/h4-12,15,21-22,24-25,35-37H,13-14H2,1-3H3. The van der Waals surface area contributed by atoms with Crippen LogP contribution in [0.1, 0.15) is 54.6 Å². The topological polar surface area (TPSA) is 83.4 Å². The minimum Gasteiger partial charge on any atom is -0.493 e. The Morgan fingerprint density at radius 3 is 2.14 bits per heavy atom. The summed E-state index contributed by atoms with van der Waals surface area (Å²) in [5, 5.41) is 37.9. The molecule has 37 heavy (non-hydrogen) atoms. The van der Waals surface area contributed by atoms with E-state index in [1.807, 2.05) is 31.2 Å². The maximum atomic E-state index is 14.0. The molecule has 0 spiro atoms. The van der Waals surface area contributed by atoms with Crippen LogP contribution >= 0.6 is 0 Å². The largest absolute Gasteiger partial charge is 0.493 e. The minimum absolute atomic E-state index is 0.237. The average Bonchev–Trinajstić information content (AvgIpc) is 3.33. The third-order valence-electron chi connectivity index (χ3n) is 7.51. The highest BCUT2D eigenvalue weighted by Gasteiger charge is 2.56. The number of aryl methyl sites for hydroxylation is 1. The van der Waals surface area contributed by atoms with Crippen molar-refractivity contribution >= 4 is 10.9 Å². The first-order valence-corrected chi connectivity index (χ1v) is 12.4. The van der Waals surface area contributed by atoms with Crippen molar-refractivity contribution in [2.45, 2.75) is 64.0 Å². The number of hydrogen-bond acceptors (Lipinski definition) is 4. The molecule has 0 saturated heterocycles. The number of aliphatic hydroxyl groups is 2. The summed E-state index contributed by atoms with van der Waals surface area (Å²) >= 11 is 0. The molecule has 2 heterocycles. The van der Waals surface area contributed by atoms with E-state index < -0.39 is 47.4 Å². The molecular weight excluding hydrogens is 483 g/mol. The predicted molar refractivity (Wildman–Crippen MR) is 134 cm³/mol. The van der Waals surface area contributed by atoms with Crippen LogP contribution in [-0.4, -0.2) is 41.9 Å². The van der Waals surface area contributed by atoms with Crippen molar-refractivity contribution in [2.24, 2.45) is 5.92 Å². The molecular formula is C28H30F3N3O3. The second-order valence-corrected chi connectivity index (χ2v) is 10.2. The third-order valence-corrected chi connectivity index (χ3v) is 7.51. The van der Waals surface area contributed by atoms with Crippen LogP contribution in [0.4, 0.5) is 13.2 Å². The zero-order chi connectivity index (χ0) is 26.6. The van der Waals surface area contributed by atoms with Crippen molar-refractivity contribution in [3.8, 4) is 11.6 Å². The van der Waals surface area contributed by atoms with Crippen LogP contribution in [0, 0.1) is 12.8 Å². The fourth-order valence-electron chi connectivity index (χ4n) is 5.63. The van der Waals surface area contributed by atoms with E-state index in [0.29, 0.717) is 5.92 Å². The van der Waals surface area contributed by atoms with Crippen LogP contribution in [0.3, 0.4) is 0 Å². The number of aliphatic hydroxyl groups excluding tert-OH is 2. The van der Waals surface area contributed by atoms with Gasteiger partial charge in [-0.15, -0.1) is 0 Å². The number of hydrogen-bond donors (Lipinski definition) is 3. The Morgan fingerprint density at radius 2 is 1.51 bits per heavy atom. The monoisotopic (exact) mass is 513 g/mol. The predicted octanol–water partition coefficient (Wildman–Crippen LogP) is 5.51. The van der Waals surface area contributed by atoms with E-state index in [1.165, 1.54) is 12.1 Å². The van der Waals surface area contributed by atoms with Gasteiger partial charge in [0.1, 0.15) is 0 Å². The second kappa shape index (κ2) is 9.22. The number of aromatic nitrogens is 3. The number of alkyl halides is 3. The molecule has 1 aliphatic carbocycles. The molecule has 0 radical (unpaired) electrons. The number of rotatable bonds is 6. The number of benzene rings is 2. The molecule has 1 saturated carbocycles. The van der Waals surface area contributed by atoms with Crippen molar-refractivity contribution in [3.05, 3.63) is 77.1 Å². The summed E-state index contributed by atoms with van der Waals surface area (Å²) in [6.07, 6.45) is -6.66. The summed E-state index contributed by atoms with van der Waals surface area (Å²) in [7, 11) is 0. The Balaban J connectivity index is 1.58. The molecule has 0 aliphatic heterocycles. The van der Waals surface area contributed by atoms with E-state index in [-0.39, 0.29) is 5.69 Å². The molecule has 2 unspecified atom stereocenters. The number of nitrogens with zero attached hydrogens (tertiary/aromatic N) is 3. The lowest BCUT2D eigenvalue weighted by Crippen LogP contribution is -2.52. The molecule has 4 aromatic rings. The van der Waals surface area contributed by atoms with Gasteiger partial charge in [-0.1, -0.05) is 50.2 Å². The van der Waals surface area contributed by atoms with Crippen molar-refractivity contribution < 1.29 is 28.5 Å². The average molecular weight is 514 g/mol. The number of para-hydroxylation sites is 2. The Hall–Kier alpha value is -3.30. The zero-order valence-corrected chi connectivity index (χ0v) is 20.8. The molecule has 5 rings (SSSR count). The highest BCUT2D eigenvalue weighted by Crippen LogP contribution is 2.55. The second-order valence-electron chi connectivity index (χ2n) is 10.2. The van der Waals surface area contributed by atoms with Crippen LogP contribution in [0.2, 0.25) is 0 Å². The highest BCUT2D eigenvalue weighted by molar-refractivity contribution is 5.86. The summed E-state index contributed by atoms with van der Waals surface area (Å²) in [6, 6.07) is 15.6. The Kier molecular flexibility index (Phi) is 6.32. The zero-order valence-electron chi connectivity index (χ0n) is 20.8. The fraction of sp³-hybridized carbons (Fsp3) is 0.393. The maximum absolute atomic E-state index is 14.0. The van der Waals surface area contributed by atoms with Crippen molar-refractivity contribution in [3.63, 3.8) is 0 Å². The molecule has 2 aromatic heterocycles. The molecule has 2 atom stereocenters. The first-order chi connectivity index (χ1) is 17.5. The van der Waals surface area contributed by atoms with E-state index in [1.54, 1.807) is 18.2 Å². The van der Waals surface area contributed by atoms with Gasteiger partial charge in [0.15, 0.2) is 5.69 Å².